The summed E-state index contributed by atoms with van der Waals surface area (Å²) in [6, 6.07) is 17.5. The van der Waals surface area contributed by atoms with E-state index >= 15 is 0 Å². The molecule has 0 radical (unpaired) electrons. The number of hydrogen-bond donors (Lipinski definition) is 2. The van der Waals surface area contributed by atoms with Gasteiger partial charge in [0.1, 0.15) is 6.67 Å². The average Bonchev–Trinajstić information content (AvgIpc) is 2.53. The number of alkyl halides is 1. The van der Waals surface area contributed by atoms with E-state index in [4.69, 9.17) is 0 Å². The van der Waals surface area contributed by atoms with Crippen LogP contribution in [-0.2, 0) is 6.42 Å². The number of amides is 2. The van der Waals surface area contributed by atoms with Crippen molar-refractivity contribution >= 4 is 6.03 Å². The molecule has 0 aliphatic heterocycles. The lowest BCUT2D eigenvalue weighted by atomic mass is 9.97. The molecule has 4 heteroatoms. The lowest BCUT2D eigenvalue weighted by Crippen LogP contribution is -2.39. The van der Waals surface area contributed by atoms with Crippen molar-refractivity contribution in [1.82, 2.24) is 10.6 Å². The molecule has 0 saturated carbocycles. The second-order valence-electron chi connectivity index (χ2n) is 5.25. The molecule has 2 amide bonds. The molecule has 0 saturated heterocycles. The fraction of sp³-hybridized carbons (Fsp3) is 0.278. The Morgan fingerprint density at radius 3 is 2.59 bits per heavy atom. The van der Waals surface area contributed by atoms with Crippen molar-refractivity contribution in [3.8, 4) is 0 Å². The maximum absolute atomic E-state index is 12.2. The standard InChI is InChI=1S/C18H21FN2O/c1-14-6-5-9-16(12-14)17(21-18(22)20-11-10-19)13-15-7-3-2-4-8-15/h2-9,12,17H,10-11,13H2,1H3,(H2,20,21,22). The molecule has 0 aromatic heterocycles. The zero-order valence-electron chi connectivity index (χ0n) is 12.7. The highest BCUT2D eigenvalue weighted by Crippen LogP contribution is 2.19. The second kappa shape index (κ2) is 8.17. The van der Waals surface area contributed by atoms with Crippen molar-refractivity contribution < 1.29 is 9.18 Å². The highest BCUT2D eigenvalue weighted by atomic mass is 19.1. The lowest BCUT2D eigenvalue weighted by Gasteiger charge is -2.20. The van der Waals surface area contributed by atoms with Gasteiger partial charge in [-0.1, -0.05) is 60.2 Å². The van der Waals surface area contributed by atoms with Gasteiger partial charge in [-0.2, -0.15) is 0 Å². The van der Waals surface area contributed by atoms with E-state index in [0.717, 1.165) is 16.7 Å². The molecule has 2 N–H and O–H groups in total. The minimum atomic E-state index is -0.568. The summed E-state index contributed by atoms with van der Waals surface area (Å²) in [5, 5.41) is 5.44. The van der Waals surface area contributed by atoms with Crippen molar-refractivity contribution in [2.24, 2.45) is 0 Å². The first kappa shape index (κ1) is 16.0. The lowest BCUT2D eigenvalue weighted by molar-refractivity contribution is 0.236. The van der Waals surface area contributed by atoms with Gasteiger partial charge in [0.05, 0.1) is 6.04 Å². The topological polar surface area (TPSA) is 41.1 Å². The van der Waals surface area contributed by atoms with Crippen LogP contribution in [-0.4, -0.2) is 19.3 Å². The van der Waals surface area contributed by atoms with Crippen LogP contribution in [0.15, 0.2) is 54.6 Å². The van der Waals surface area contributed by atoms with E-state index in [9.17, 15) is 9.18 Å². The summed E-state index contributed by atoms with van der Waals surface area (Å²) >= 11 is 0. The van der Waals surface area contributed by atoms with Crippen LogP contribution < -0.4 is 10.6 Å². The summed E-state index contributed by atoms with van der Waals surface area (Å²) in [6.45, 7) is 1.48. The predicted molar refractivity (Wildman–Crippen MR) is 86.6 cm³/mol. The molecule has 22 heavy (non-hydrogen) atoms. The van der Waals surface area contributed by atoms with E-state index < -0.39 is 6.67 Å². The Bertz CT molecular complexity index is 601. The van der Waals surface area contributed by atoms with Gasteiger partial charge < -0.3 is 10.6 Å². The molecule has 0 bridgehead atoms. The molecule has 0 aliphatic carbocycles. The molecule has 2 aromatic rings. The average molecular weight is 300 g/mol. The van der Waals surface area contributed by atoms with Gasteiger partial charge >= 0.3 is 6.03 Å². The van der Waals surface area contributed by atoms with Crippen molar-refractivity contribution in [3.05, 3.63) is 71.3 Å². The largest absolute Gasteiger partial charge is 0.336 e. The Morgan fingerprint density at radius 2 is 1.91 bits per heavy atom. The Morgan fingerprint density at radius 1 is 1.14 bits per heavy atom. The molecule has 0 fully saturated rings. The van der Waals surface area contributed by atoms with Crippen LogP contribution in [0.4, 0.5) is 9.18 Å². The Balaban J connectivity index is 2.15. The van der Waals surface area contributed by atoms with E-state index in [1.54, 1.807) is 0 Å². The molecule has 0 heterocycles. The van der Waals surface area contributed by atoms with Crippen LogP contribution in [0.3, 0.4) is 0 Å². The minimum absolute atomic E-state index is 0.0255. The molecule has 0 spiro atoms. The molecule has 116 valence electrons. The highest BCUT2D eigenvalue weighted by molar-refractivity contribution is 5.74. The quantitative estimate of drug-likeness (QED) is 0.841. The van der Waals surface area contributed by atoms with Crippen LogP contribution in [0.2, 0.25) is 0 Å². The molecule has 3 nitrogen and oxygen atoms in total. The Kier molecular flexibility index (Phi) is 5.95. The number of halogens is 1. The van der Waals surface area contributed by atoms with Gasteiger partial charge in [-0.3, -0.25) is 0 Å². The second-order valence-corrected chi connectivity index (χ2v) is 5.25. The van der Waals surface area contributed by atoms with Crippen LogP contribution in [0.1, 0.15) is 22.7 Å². The third kappa shape index (κ3) is 4.88. The third-order valence-corrected chi connectivity index (χ3v) is 3.41. The van der Waals surface area contributed by atoms with Crippen molar-refractivity contribution in [2.45, 2.75) is 19.4 Å². The number of carbonyl (C=O) groups is 1. The number of urea groups is 1. The number of aryl methyl sites for hydroxylation is 1. The van der Waals surface area contributed by atoms with Crippen LogP contribution >= 0.6 is 0 Å². The minimum Gasteiger partial charge on any atom is -0.336 e. The smallest absolute Gasteiger partial charge is 0.315 e. The van der Waals surface area contributed by atoms with Gasteiger partial charge in [-0.25, -0.2) is 9.18 Å². The first-order chi connectivity index (χ1) is 10.7. The van der Waals surface area contributed by atoms with E-state index in [1.807, 2.05) is 55.5 Å². The summed E-state index contributed by atoms with van der Waals surface area (Å²) in [7, 11) is 0. The van der Waals surface area contributed by atoms with Gasteiger partial charge in [-0.05, 0) is 24.5 Å². The number of benzene rings is 2. The van der Waals surface area contributed by atoms with Crippen LogP contribution in [0, 0.1) is 6.92 Å². The maximum Gasteiger partial charge on any atom is 0.315 e. The number of nitrogens with one attached hydrogen (secondary N) is 2. The molecular formula is C18H21FN2O. The summed E-state index contributed by atoms with van der Waals surface area (Å²) in [4.78, 5) is 11.9. The molecular weight excluding hydrogens is 279 g/mol. The van der Waals surface area contributed by atoms with Crippen LogP contribution in [0.25, 0.3) is 0 Å². The molecule has 1 unspecified atom stereocenters. The first-order valence-corrected chi connectivity index (χ1v) is 7.40. The predicted octanol–water partition coefficient (Wildman–Crippen LogP) is 3.55. The van der Waals surface area contributed by atoms with Crippen molar-refractivity contribution in [3.63, 3.8) is 0 Å². The SMILES string of the molecule is Cc1cccc(C(Cc2ccccc2)NC(=O)NCCF)c1. The van der Waals surface area contributed by atoms with Crippen LogP contribution in [0.5, 0.6) is 0 Å². The zero-order chi connectivity index (χ0) is 15.8. The Labute approximate surface area is 130 Å². The maximum atomic E-state index is 12.2. The van der Waals surface area contributed by atoms with E-state index in [0.29, 0.717) is 6.42 Å². The van der Waals surface area contributed by atoms with Gasteiger partial charge in [-0.15, -0.1) is 0 Å². The van der Waals surface area contributed by atoms with Crippen molar-refractivity contribution in [2.75, 3.05) is 13.2 Å². The normalized spacial score (nSPS) is 11.7. The van der Waals surface area contributed by atoms with E-state index in [-0.39, 0.29) is 18.6 Å². The first-order valence-electron chi connectivity index (χ1n) is 7.40. The number of carbonyl (C=O) groups excluding carboxylic acids is 1. The summed E-state index contributed by atoms with van der Waals surface area (Å²) < 4.78 is 12.2. The fourth-order valence-corrected chi connectivity index (χ4v) is 2.36. The number of hydrogen-bond acceptors (Lipinski definition) is 1. The van der Waals surface area contributed by atoms with Gasteiger partial charge in [0.25, 0.3) is 0 Å². The molecule has 2 aromatic carbocycles. The Hall–Kier alpha value is -2.36. The molecule has 1 atom stereocenters. The van der Waals surface area contributed by atoms with Gasteiger partial charge in [0, 0.05) is 6.54 Å². The summed E-state index contributed by atoms with van der Waals surface area (Å²) in [5.74, 6) is 0. The van der Waals surface area contributed by atoms with Gasteiger partial charge in [0.15, 0.2) is 0 Å². The number of rotatable bonds is 6. The van der Waals surface area contributed by atoms with Gasteiger partial charge in [0.2, 0.25) is 0 Å². The molecule has 0 aliphatic rings. The highest BCUT2D eigenvalue weighted by Gasteiger charge is 2.15. The summed E-state index contributed by atoms with van der Waals surface area (Å²) in [5.41, 5.74) is 3.32. The third-order valence-electron chi connectivity index (χ3n) is 3.41. The van der Waals surface area contributed by atoms with E-state index in [2.05, 4.69) is 16.7 Å². The monoisotopic (exact) mass is 300 g/mol. The molecule has 2 rings (SSSR count). The fourth-order valence-electron chi connectivity index (χ4n) is 2.36. The summed E-state index contributed by atoms with van der Waals surface area (Å²) in [6.07, 6.45) is 0.688. The van der Waals surface area contributed by atoms with Crippen molar-refractivity contribution in [1.29, 1.82) is 0 Å². The zero-order valence-corrected chi connectivity index (χ0v) is 12.7. The van der Waals surface area contributed by atoms with E-state index in [1.165, 1.54) is 0 Å².